The Kier molecular flexibility index (Phi) is 10.7. The smallest absolute Gasteiger partial charge is 0.187 e. The summed E-state index contributed by atoms with van der Waals surface area (Å²) in [5, 5.41) is 86.5. The molecule has 310 valence electrons. The summed E-state index contributed by atoms with van der Waals surface area (Å²) < 4.78 is 24.5. The number of aliphatic hydroxyl groups excluding tert-OH is 8. The van der Waals surface area contributed by atoms with E-state index >= 15 is 0 Å². The third-order valence-electron chi connectivity index (χ3n) is 17.4. The maximum absolute atomic E-state index is 11.5. The topological polar surface area (TPSA) is 199 Å². The van der Waals surface area contributed by atoms with E-state index in [4.69, 9.17) is 18.9 Å². The Morgan fingerprint density at radius 1 is 0.704 bits per heavy atom. The van der Waals surface area contributed by atoms with E-state index in [9.17, 15) is 40.9 Å². The molecule has 6 fully saturated rings. The fraction of sp³-hybridized carbons (Fsp3) is 0.952. The lowest BCUT2D eigenvalue weighted by Crippen LogP contribution is -2.67. The van der Waals surface area contributed by atoms with Crippen molar-refractivity contribution in [1.82, 2.24) is 0 Å². The van der Waals surface area contributed by atoms with E-state index in [1.54, 1.807) is 5.57 Å². The van der Waals surface area contributed by atoms with Crippen LogP contribution in [-0.4, -0.2) is 128 Å². The molecule has 0 radical (unpaired) electrons. The zero-order valence-electron chi connectivity index (χ0n) is 33.7. The van der Waals surface area contributed by atoms with E-state index in [1.807, 2.05) is 0 Å². The fourth-order valence-corrected chi connectivity index (χ4v) is 13.7. The highest BCUT2D eigenvalue weighted by molar-refractivity contribution is 5.34. The SMILES string of the molecule is C[C@@H]1O[C@@H](O[C@H]2[C@H](O[C@H]3CC[C@@]4(C)[C@@H](CC[C@]5(C)[C@@H]4CC=C4[C@@H]6CC(C)(C)C[C@@H](O)[C@]6(C)CC[C@]45C)[C@@]3(C)CO)O[C@H](CO)[C@H](O)[C@@H]2O)[C@H](O)[C@H](O)[C@H]1O. The maximum Gasteiger partial charge on any atom is 0.187 e. The summed E-state index contributed by atoms with van der Waals surface area (Å²) in [4.78, 5) is 0. The first-order chi connectivity index (χ1) is 25.1. The van der Waals surface area contributed by atoms with E-state index in [0.717, 1.165) is 51.4 Å². The van der Waals surface area contributed by atoms with E-state index in [0.29, 0.717) is 18.3 Å². The molecular weight excluding hydrogens is 696 g/mol. The minimum absolute atomic E-state index is 0.00612. The van der Waals surface area contributed by atoms with Gasteiger partial charge in [0.25, 0.3) is 0 Å². The fourth-order valence-electron chi connectivity index (χ4n) is 13.7. The summed E-state index contributed by atoms with van der Waals surface area (Å²) in [5.41, 5.74) is 0.702. The quantitative estimate of drug-likeness (QED) is 0.146. The van der Waals surface area contributed by atoms with Crippen molar-refractivity contribution in [3.8, 4) is 0 Å². The van der Waals surface area contributed by atoms with Gasteiger partial charge in [-0.05, 0) is 104 Å². The van der Waals surface area contributed by atoms with Crippen LogP contribution in [0.15, 0.2) is 11.6 Å². The minimum Gasteiger partial charge on any atom is -0.396 e. The van der Waals surface area contributed by atoms with E-state index < -0.39 is 79.5 Å². The van der Waals surface area contributed by atoms with Gasteiger partial charge in [0.2, 0.25) is 0 Å². The molecule has 12 nitrogen and oxygen atoms in total. The Morgan fingerprint density at radius 2 is 1.41 bits per heavy atom. The lowest BCUT2D eigenvalue weighted by molar-refractivity contribution is -0.377. The number of hydrogen-bond donors (Lipinski definition) is 8. The lowest BCUT2D eigenvalue weighted by atomic mass is 9.33. The monoisotopic (exact) mass is 766 g/mol. The van der Waals surface area contributed by atoms with Gasteiger partial charge >= 0.3 is 0 Å². The van der Waals surface area contributed by atoms with Crippen LogP contribution >= 0.6 is 0 Å². The summed E-state index contributed by atoms with van der Waals surface area (Å²) in [5.74, 6) is 0.800. The number of fused-ring (bicyclic) bond motifs is 7. The number of rotatable bonds is 6. The van der Waals surface area contributed by atoms with Gasteiger partial charge in [0.15, 0.2) is 12.6 Å². The van der Waals surface area contributed by atoms with Crippen LogP contribution in [0.2, 0.25) is 0 Å². The summed E-state index contributed by atoms with van der Waals surface area (Å²) in [7, 11) is 0. The van der Waals surface area contributed by atoms with Gasteiger partial charge in [-0.1, -0.05) is 60.1 Å². The van der Waals surface area contributed by atoms with Gasteiger partial charge < -0.3 is 59.8 Å². The Balaban J connectivity index is 1.16. The number of aliphatic hydroxyl groups is 8. The molecule has 0 amide bonds. The van der Waals surface area contributed by atoms with Crippen molar-refractivity contribution in [2.75, 3.05) is 13.2 Å². The molecule has 2 saturated heterocycles. The van der Waals surface area contributed by atoms with Crippen LogP contribution in [0.4, 0.5) is 0 Å². The number of ether oxygens (including phenoxy) is 4. The molecular formula is C42H70O12. The highest BCUT2D eigenvalue weighted by Gasteiger charge is 2.69. The van der Waals surface area contributed by atoms with Crippen LogP contribution < -0.4 is 0 Å². The highest BCUT2D eigenvalue weighted by Crippen LogP contribution is 2.76. The second-order valence-electron chi connectivity index (χ2n) is 20.8. The Labute approximate surface area is 321 Å². The lowest BCUT2D eigenvalue weighted by Gasteiger charge is -2.72. The van der Waals surface area contributed by atoms with Gasteiger partial charge in [-0.15, -0.1) is 0 Å². The molecule has 8 N–H and O–H groups in total. The van der Waals surface area contributed by atoms with Crippen LogP contribution in [0.5, 0.6) is 0 Å². The summed E-state index contributed by atoms with van der Waals surface area (Å²) >= 11 is 0. The molecule has 0 unspecified atom stereocenters. The molecule has 0 spiro atoms. The van der Waals surface area contributed by atoms with Crippen LogP contribution in [0.25, 0.3) is 0 Å². The Morgan fingerprint density at radius 3 is 2.07 bits per heavy atom. The van der Waals surface area contributed by atoms with E-state index in [2.05, 4.69) is 54.5 Å². The Hall–Kier alpha value is -0.740. The van der Waals surface area contributed by atoms with Crippen LogP contribution in [0, 0.1) is 50.2 Å². The van der Waals surface area contributed by atoms with Crippen molar-refractivity contribution in [3.63, 3.8) is 0 Å². The molecule has 0 bridgehead atoms. The molecule has 0 aromatic rings. The molecule has 5 aliphatic carbocycles. The predicted octanol–water partition coefficient (Wildman–Crippen LogP) is 2.79. The average molecular weight is 767 g/mol. The first kappa shape index (κ1) is 41.4. The van der Waals surface area contributed by atoms with Gasteiger partial charge in [-0.3, -0.25) is 0 Å². The molecule has 0 aromatic heterocycles. The third kappa shape index (κ3) is 5.97. The van der Waals surface area contributed by atoms with Gasteiger partial charge in [0, 0.05) is 10.8 Å². The second kappa shape index (κ2) is 13.9. The van der Waals surface area contributed by atoms with Crippen molar-refractivity contribution < 1.29 is 59.8 Å². The molecule has 7 rings (SSSR count). The van der Waals surface area contributed by atoms with Crippen LogP contribution in [0.3, 0.4) is 0 Å². The van der Waals surface area contributed by atoms with Crippen LogP contribution in [0.1, 0.15) is 113 Å². The minimum atomic E-state index is -1.66. The van der Waals surface area contributed by atoms with Gasteiger partial charge in [0.05, 0.1) is 31.5 Å². The van der Waals surface area contributed by atoms with Crippen molar-refractivity contribution >= 4 is 0 Å². The van der Waals surface area contributed by atoms with Gasteiger partial charge in [-0.25, -0.2) is 0 Å². The van der Waals surface area contributed by atoms with Gasteiger partial charge in [0.1, 0.15) is 42.7 Å². The maximum atomic E-state index is 11.5. The standard InChI is InChI=1S/C42H70O12/c1-21-29(46)31(48)33(50)35(51-21)54-34-32(49)30(47)24(19-43)52-36(34)53-28-12-13-39(5)25(40(28,6)20-44)11-14-42(8)26(39)10-9-22-23-17-37(2,3)18-27(45)38(23,4)15-16-41(22,42)7/h9,21,23-36,43-50H,10-20H2,1-8H3/t21-,23-,24+,25+,26+,27+,28-,29-,30-,31+,32-,33+,34+,35-,36-,38+,39-,40+,41+,42+/m0/s1. The Bertz CT molecular complexity index is 1420. The van der Waals surface area contributed by atoms with Crippen molar-refractivity contribution in [1.29, 1.82) is 0 Å². The molecule has 54 heavy (non-hydrogen) atoms. The molecule has 0 aromatic carbocycles. The first-order valence-electron chi connectivity index (χ1n) is 20.7. The zero-order valence-corrected chi connectivity index (χ0v) is 33.7. The molecule has 2 heterocycles. The molecule has 2 aliphatic heterocycles. The van der Waals surface area contributed by atoms with Crippen molar-refractivity contribution in [2.24, 2.45) is 50.2 Å². The molecule has 4 saturated carbocycles. The zero-order chi connectivity index (χ0) is 39.6. The predicted molar refractivity (Wildman–Crippen MR) is 197 cm³/mol. The van der Waals surface area contributed by atoms with Crippen molar-refractivity contribution in [3.05, 3.63) is 11.6 Å². The normalized spacial score (nSPS) is 57.2. The van der Waals surface area contributed by atoms with E-state index in [-0.39, 0.29) is 45.7 Å². The van der Waals surface area contributed by atoms with Crippen LogP contribution in [-0.2, 0) is 18.9 Å². The summed E-state index contributed by atoms with van der Waals surface area (Å²) in [6, 6.07) is 0. The third-order valence-corrected chi connectivity index (χ3v) is 17.4. The van der Waals surface area contributed by atoms with E-state index in [1.165, 1.54) is 6.92 Å². The average Bonchev–Trinajstić information content (AvgIpc) is 3.11. The largest absolute Gasteiger partial charge is 0.396 e. The molecule has 20 atom stereocenters. The summed E-state index contributed by atoms with van der Waals surface area (Å²) in [6.07, 6.45) is -4.07. The van der Waals surface area contributed by atoms with Crippen molar-refractivity contribution in [2.45, 2.75) is 187 Å². The second-order valence-corrected chi connectivity index (χ2v) is 20.8. The van der Waals surface area contributed by atoms with Gasteiger partial charge in [-0.2, -0.15) is 0 Å². The highest BCUT2D eigenvalue weighted by atomic mass is 16.8. The summed E-state index contributed by atoms with van der Waals surface area (Å²) in [6.45, 7) is 17.2. The molecule has 12 heteroatoms. The number of allylic oxidation sites excluding steroid dienone is 2. The first-order valence-corrected chi connectivity index (χ1v) is 20.7. The number of hydrogen-bond acceptors (Lipinski definition) is 12. The molecule has 7 aliphatic rings.